The molecule has 0 spiro atoms. The molecule has 0 aromatic carbocycles. The monoisotopic (exact) mass is 420 g/mol. The second-order valence-electron chi connectivity index (χ2n) is 12.0. The van der Waals surface area contributed by atoms with Gasteiger partial charge in [-0.3, -0.25) is 4.79 Å². The molecule has 0 saturated heterocycles. The number of aliphatic carboxylic acids is 1. The van der Waals surface area contributed by atoms with E-state index in [1.54, 1.807) is 0 Å². The topological polar surface area (TPSA) is 77.8 Å². The van der Waals surface area contributed by atoms with Gasteiger partial charge in [0, 0.05) is 6.42 Å². The largest absolute Gasteiger partial charge is 0.481 e. The summed E-state index contributed by atoms with van der Waals surface area (Å²) in [6.07, 6.45) is 9.27. The van der Waals surface area contributed by atoms with Crippen LogP contribution in [0.5, 0.6) is 0 Å². The lowest BCUT2D eigenvalue weighted by Crippen LogP contribution is -2.62. The Morgan fingerprint density at radius 2 is 1.67 bits per heavy atom. The van der Waals surface area contributed by atoms with Gasteiger partial charge in [-0.05, 0) is 104 Å². The maximum Gasteiger partial charge on any atom is 0.303 e. The molecule has 0 aromatic rings. The molecule has 4 saturated carbocycles. The summed E-state index contributed by atoms with van der Waals surface area (Å²) in [5.74, 6) is 2.58. The van der Waals surface area contributed by atoms with Crippen molar-refractivity contribution in [1.82, 2.24) is 0 Å². The number of hydrogen-bond acceptors (Lipinski definition) is 3. The van der Waals surface area contributed by atoms with E-state index >= 15 is 0 Å². The van der Waals surface area contributed by atoms with Crippen LogP contribution in [0.1, 0.15) is 91.9 Å². The highest BCUT2D eigenvalue weighted by Crippen LogP contribution is 2.69. The van der Waals surface area contributed by atoms with E-state index in [1.807, 2.05) is 0 Å². The molecule has 4 fully saturated rings. The van der Waals surface area contributed by atoms with E-state index in [2.05, 4.69) is 27.7 Å². The highest BCUT2D eigenvalue weighted by molar-refractivity contribution is 5.66. The third-order valence-corrected chi connectivity index (χ3v) is 11.0. The van der Waals surface area contributed by atoms with Crippen LogP contribution in [0.25, 0.3) is 0 Å². The van der Waals surface area contributed by atoms with Crippen molar-refractivity contribution in [3.8, 4) is 0 Å². The van der Waals surface area contributed by atoms with Crippen LogP contribution in [0.3, 0.4) is 0 Å². The van der Waals surface area contributed by atoms with Crippen molar-refractivity contribution in [3.63, 3.8) is 0 Å². The molecule has 30 heavy (non-hydrogen) atoms. The van der Waals surface area contributed by atoms with Gasteiger partial charge in [0.15, 0.2) is 0 Å². The normalized spacial score (nSPS) is 51.5. The maximum atomic E-state index is 11.7. The van der Waals surface area contributed by atoms with Crippen molar-refractivity contribution in [1.29, 1.82) is 0 Å². The quantitative estimate of drug-likeness (QED) is 0.577. The van der Waals surface area contributed by atoms with E-state index in [9.17, 15) is 15.0 Å². The molecule has 4 heteroatoms. The zero-order chi connectivity index (χ0) is 21.8. The van der Waals surface area contributed by atoms with Crippen LogP contribution in [0.15, 0.2) is 0 Å². The predicted octanol–water partition coefficient (Wildman–Crippen LogP) is 5.11. The average molecular weight is 421 g/mol. The van der Waals surface area contributed by atoms with Crippen LogP contribution in [0.4, 0.5) is 0 Å². The molecule has 0 heterocycles. The number of carbonyl (C=O) groups is 1. The van der Waals surface area contributed by atoms with Crippen LogP contribution >= 0.6 is 0 Å². The molecule has 172 valence electrons. The van der Waals surface area contributed by atoms with Crippen molar-refractivity contribution in [3.05, 3.63) is 0 Å². The van der Waals surface area contributed by atoms with E-state index in [0.29, 0.717) is 41.4 Å². The van der Waals surface area contributed by atoms with Gasteiger partial charge in [-0.2, -0.15) is 0 Å². The Morgan fingerprint density at radius 1 is 1.00 bits per heavy atom. The summed E-state index contributed by atoms with van der Waals surface area (Å²) in [4.78, 5) is 11.1. The van der Waals surface area contributed by atoms with E-state index < -0.39 is 5.97 Å². The van der Waals surface area contributed by atoms with E-state index in [1.165, 1.54) is 25.7 Å². The fourth-order valence-electron chi connectivity index (χ4n) is 9.48. The Balaban J connectivity index is 1.61. The lowest BCUT2D eigenvalue weighted by molar-refractivity contribution is -0.203. The van der Waals surface area contributed by atoms with Crippen LogP contribution in [0, 0.1) is 52.3 Å². The van der Waals surface area contributed by atoms with Crippen molar-refractivity contribution >= 4 is 5.97 Å². The smallest absolute Gasteiger partial charge is 0.303 e. The number of carboxylic acids is 1. The van der Waals surface area contributed by atoms with Gasteiger partial charge in [-0.1, -0.05) is 34.1 Å². The molecule has 0 bridgehead atoms. The molecule has 4 rings (SSSR count). The fourth-order valence-corrected chi connectivity index (χ4v) is 9.48. The molecule has 0 radical (unpaired) electrons. The van der Waals surface area contributed by atoms with Gasteiger partial charge in [0.2, 0.25) is 0 Å². The predicted molar refractivity (Wildman–Crippen MR) is 118 cm³/mol. The SMILES string of the molecule is CC[C@H]1C(O)[C@@H]2[C@H](CC[C@]3(C)[C@@H](C(C)CCC(=O)O)CC[C@@H]23)[C@@]2(C)CC[C@@H](O)C[C@@H]12. The van der Waals surface area contributed by atoms with Crippen molar-refractivity contribution in [2.45, 2.75) is 104 Å². The molecule has 3 N–H and O–H groups in total. The van der Waals surface area contributed by atoms with Crippen LogP contribution in [-0.2, 0) is 4.79 Å². The molecular formula is C26H44O4. The van der Waals surface area contributed by atoms with Crippen molar-refractivity contribution in [2.24, 2.45) is 52.3 Å². The Labute approximate surface area is 182 Å². The molecule has 0 aromatic heterocycles. The Hall–Kier alpha value is -0.610. The number of carboxylic acid groups (broad SMARTS) is 1. The first kappa shape index (κ1) is 22.6. The summed E-state index contributed by atoms with van der Waals surface area (Å²) >= 11 is 0. The summed E-state index contributed by atoms with van der Waals surface area (Å²) in [5, 5.41) is 31.3. The van der Waals surface area contributed by atoms with Gasteiger partial charge in [-0.25, -0.2) is 0 Å². The minimum absolute atomic E-state index is 0.194. The van der Waals surface area contributed by atoms with E-state index in [0.717, 1.165) is 32.1 Å². The number of aliphatic hydroxyl groups excluding tert-OH is 2. The first-order valence-corrected chi connectivity index (χ1v) is 12.7. The summed E-state index contributed by atoms with van der Waals surface area (Å²) in [7, 11) is 0. The zero-order valence-corrected chi connectivity index (χ0v) is 19.5. The summed E-state index contributed by atoms with van der Waals surface area (Å²) in [6, 6.07) is 0. The third-order valence-electron chi connectivity index (χ3n) is 11.0. The van der Waals surface area contributed by atoms with E-state index in [4.69, 9.17) is 5.11 Å². The minimum Gasteiger partial charge on any atom is -0.481 e. The Bertz CT molecular complexity index is 649. The summed E-state index contributed by atoms with van der Waals surface area (Å²) in [5.41, 5.74) is 0.480. The van der Waals surface area contributed by atoms with Crippen LogP contribution in [0.2, 0.25) is 0 Å². The molecule has 4 aliphatic carbocycles. The zero-order valence-electron chi connectivity index (χ0n) is 19.5. The summed E-state index contributed by atoms with van der Waals surface area (Å²) < 4.78 is 0. The van der Waals surface area contributed by atoms with Gasteiger partial charge in [-0.15, -0.1) is 0 Å². The molecule has 11 atom stereocenters. The van der Waals surface area contributed by atoms with Crippen LogP contribution < -0.4 is 0 Å². The molecule has 4 nitrogen and oxygen atoms in total. The van der Waals surface area contributed by atoms with E-state index in [-0.39, 0.29) is 29.5 Å². The van der Waals surface area contributed by atoms with Gasteiger partial charge in [0.1, 0.15) is 0 Å². The second-order valence-corrected chi connectivity index (χ2v) is 12.0. The lowest BCUT2D eigenvalue weighted by Gasteiger charge is -2.64. The Morgan fingerprint density at radius 3 is 2.33 bits per heavy atom. The lowest BCUT2D eigenvalue weighted by atomic mass is 9.41. The highest BCUT2D eigenvalue weighted by Gasteiger charge is 2.64. The number of hydrogen-bond donors (Lipinski definition) is 3. The van der Waals surface area contributed by atoms with Gasteiger partial charge in [0.25, 0.3) is 0 Å². The van der Waals surface area contributed by atoms with Crippen molar-refractivity contribution in [2.75, 3.05) is 0 Å². The molecule has 4 aliphatic rings. The number of aliphatic hydroxyl groups is 2. The maximum absolute atomic E-state index is 11.7. The first-order chi connectivity index (χ1) is 14.1. The Kier molecular flexibility index (Phi) is 6.07. The standard InChI is InChI=1S/C26H44O4/c1-5-17-21-14-16(27)10-12-26(21,4)20-11-13-25(3)18(15(2)6-9-22(28)29)7-8-19(25)23(20)24(17)30/h15-21,23-24,27,30H,5-14H2,1-4H3,(H,28,29)/t15?,16-,17-,18-,19+,20+,21+,23+,24?,25-,26-/m1/s1. The van der Waals surface area contributed by atoms with Crippen molar-refractivity contribution < 1.29 is 20.1 Å². The fraction of sp³-hybridized carbons (Fsp3) is 0.962. The number of rotatable bonds is 5. The second kappa shape index (κ2) is 8.06. The minimum atomic E-state index is -0.683. The third kappa shape index (κ3) is 3.36. The van der Waals surface area contributed by atoms with Crippen LogP contribution in [-0.4, -0.2) is 33.5 Å². The number of fused-ring (bicyclic) bond motifs is 5. The molecule has 0 aliphatic heterocycles. The van der Waals surface area contributed by atoms with Gasteiger partial charge >= 0.3 is 5.97 Å². The molecule has 0 amide bonds. The average Bonchev–Trinajstić information content (AvgIpc) is 3.05. The molecule has 2 unspecified atom stereocenters. The van der Waals surface area contributed by atoms with Gasteiger partial charge < -0.3 is 15.3 Å². The first-order valence-electron chi connectivity index (χ1n) is 12.7. The molecular weight excluding hydrogens is 376 g/mol. The summed E-state index contributed by atoms with van der Waals surface area (Å²) in [6.45, 7) is 9.44. The highest BCUT2D eigenvalue weighted by atomic mass is 16.4. The van der Waals surface area contributed by atoms with Gasteiger partial charge in [0.05, 0.1) is 12.2 Å².